The molecule has 3 aromatic rings. The van der Waals surface area contributed by atoms with Gasteiger partial charge in [0.1, 0.15) is 5.75 Å². The lowest BCUT2D eigenvalue weighted by Gasteiger charge is -2.13. The molecule has 0 radical (unpaired) electrons. The lowest BCUT2D eigenvalue weighted by Crippen LogP contribution is -2.34. The van der Waals surface area contributed by atoms with Crippen molar-refractivity contribution < 1.29 is 9.53 Å². The first-order valence-electron chi connectivity index (χ1n) is 8.39. The number of ether oxygens (including phenoxy) is 1. The van der Waals surface area contributed by atoms with Crippen molar-refractivity contribution >= 4 is 61.5 Å². The van der Waals surface area contributed by atoms with E-state index in [2.05, 4.69) is 15.6 Å². The number of thiocarbonyl (C=S) groups is 1. The zero-order chi connectivity index (χ0) is 19.4. The first-order valence-corrected chi connectivity index (χ1v) is 10.00. The highest BCUT2D eigenvalue weighted by atomic mass is 35.5. The van der Waals surface area contributed by atoms with E-state index >= 15 is 0 Å². The number of nitrogens with one attached hydrogen (secondary N) is 2. The Balaban J connectivity index is 1.64. The maximum absolute atomic E-state index is 12.4. The fourth-order valence-electron chi connectivity index (χ4n) is 2.28. The van der Waals surface area contributed by atoms with Gasteiger partial charge in [0.05, 0.1) is 16.3 Å². The van der Waals surface area contributed by atoms with Crippen LogP contribution in [0, 0.1) is 0 Å². The molecule has 27 heavy (non-hydrogen) atoms. The van der Waals surface area contributed by atoms with Crippen LogP contribution in [0.3, 0.4) is 0 Å². The van der Waals surface area contributed by atoms with Crippen molar-refractivity contribution in [3.63, 3.8) is 0 Å². The fourth-order valence-corrected chi connectivity index (χ4v) is 3.68. The van der Waals surface area contributed by atoms with E-state index in [-0.39, 0.29) is 17.1 Å². The summed E-state index contributed by atoms with van der Waals surface area (Å²) in [7, 11) is 0. The van der Waals surface area contributed by atoms with Crippen LogP contribution in [-0.4, -0.2) is 22.1 Å². The number of anilines is 1. The molecule has 0 spiro atoms. The summed E-state index contributed by atoms with van der Waals surface area (Å²) in [5.41, 5.74) is 1.28. The molecule has 1 heterocycles. The SMILES string of the molecule is CC[C@@H](C)Oc1cccc(C(=O)NC(=S)Nc2nc3ccc(Cl)cc3s2)c1. The van der Waals surface area contributed by atoms with E-state index in [0.717, 1.165) is 16.6 Å². The van der Waals surface area contributed by atoms with Crippen LogP contribution in [0.5, 0.6) is 5.75 Å². The highest BCUT2D eigenvalue weighted by Gasteiger charge is 2.12. The zero-order valence-electron chi connectivity index (χ0n) is 14.8. The summed E-state index contributed by atoms with van der Waals surface area (Å²) in [5, 5.41) is 7.02. The van der Waals surface area contributed by atoms with E-state index < -0.39 is 0 Å². The lowest BCUT2D eigenvalue weighted by atomic mass is 10.2. The van der Waals surface area contributed by atoms with Crippen LogP contribution < -0.4 is 15.4 Å². The van der Waals surface area contributed by atoms with Gasteiger partial charge in [-0.3, -0.25) is 10.1 Å². The quantitative estimate of drug-likeness (QED) is 0.552. The second-order valence-electron chi connectivity index (χ2n) is 5.90. The molecule has 0 aliphatic heterocycles. The van der Waals surface area contributed by atoms with Crippen molar-refractivity contribution in [2.24, 2.45) is 0 Å². The number of carbonyl (C=O) groups is 1. The van der Waals surface area contributed by atoms with E-state index in [4.69, 9.17) is 28.6 Å². The number of benzene rings is 2. The number of amides is 1. The molecule has 1 aromatic heterocycles. The van der Waals surface area contributed by atoms with Crippen molar-refractivity contribution in [1.29, 1.82) is 0 Å². The first-order chi connectivity index (χ1) is 12.9. The monoisotopic (exact) mass is 419 g/mol. The Morgan fingerprint density at radius 1 is 1.33 bits per heavy atom. The third-order valence-corrected chi connectivity index (χ3v) is 5.18. The van der Waals surface area contributed by atoms with E-state index in [1.165, 1.54) is 11.3 Å². The average Bonchev–Trinajstić information content (AvgIpc) is 3.02. The molecule has 8 heteroatoms. The zero-order valence-corrected chi connectivity index (χ0v) is 17.2. The molecule has 0 aliphatic rings. The van der Waals surface area contributed by atoms with E-state index in [1.54, 1.807) is 24.3 Å². The largest absolute Gasteiger partial charge is 0.491 e. The third-order valence-electron chi connectivity index (χ3n) is 3.81. The van der Waals surface area contributed by atoms with Crippen molar-refractivity contribution in [2.45, 2.75) is 26.4 Å². The Labute approximate surface area is 171 Å². The third kappa shape index (κ3) is 5.15. The minimum absolute atomic E-state index is 0.0820. The molecule has 0 saturated heterocycles. The predicted molar refractivity (Wildman–Crippen MR) is 115 cm³/mol. The molecule has 0 fully saturated rings. The molecule has 140 valence electrons. The molecular weight excluding hydrogens is 402 g/mol. The van der Waals surface area contributed by atoms with Crippen LogP contribution >= 0.6 is 35.2 Å². The van der Waals surface area contributed by atoms with Crippen molar-refractivity contribution in [3.8, 4) is 5.75 Å². The molecule has 5 nitrogen and oxygen atoms in total. The summed E-state index contributed by atoms with van der Waals surface area (Å²) in [6.07, 6.45) is 0.969. The molecule has 1 amide bonds. The molecule has 0 unspecified atom stereocenters. The molecule has 2 aromatic carbocycles. The summed E-state index contributed by atoms with van der Waals surface area (Å²) in [5.74, 6) is 0.338. The number of rotatable bonds is 5. The van der Waals surface area contributed by atoms with Crippen molar-refractivity contribution in [1.82, 2.24) is 10.3 Å². The topological polar surface area (TPSA) is 63.2 Å². The number of hydrogen-bond donors (Lipinski definition) is 2. The Hall–Kier alpha value is -2.22. The van der Waals surface area contributed by atoms with Crippen molar-refractivity contribution in [3.05, 3.63) is 53.1 Å². The van der Waals surface area contributed by atoms with Crippen LogP contribution in [0.4, 0.5) is 5.13 Å². The summed E-state index contributed by atoms with van der Waals surface area (Å²) in [4.78, 5) is 16.9. The lowest BCUT2D eigenvalue weighted by molar-refractivity contribution is 0.0977. The molecule has 0 saturated carbocycles. The van der Waals surface area contributed by atoms with Crippen molar-refractivity contribution in [2.75, 3.05) is 5.32 Å². The Bertz CT molecular complexity index is 990. The van der Waals surface area contributed by atoms with Crippen LogP contribution in [-0.2, 0) is 0 Å². The van der Waals surface area contributed by atoms with Gasteiger partial charge >= 0.3 is 0 Å². The van der Waals surface area contributed by atoms with Gasteiger partial charge in [0.25, 0.3) is 5.91 Å². The number of hydrogen-bond acceptors (Lipinski definition) is 5. The Kier molecular flexibility index (Phi) is 6.26. The standard InChI is InChI=1S/C19H18ClN3O2S2/c1-3-11(2)25-14-6-4-5-12(9-14)17(24)22-18(26)23-19-21-15-8-7-13(20)10-16(15)27-19/h4-11H,3H2,1-2H3,(H2,21,22,23,24,26)/t11-/m1/s1. The summed E-state index contributed by atoms with van der Waals surface area (Å²) in [6, 6.07) is 12.5. The number of carbonyl (C=O) groups excluding carboxylic acids is 1. The second kappa shape index (κ2) is 8.65. The van der Waals surface area contributed by atoms with Gasteiger partial charge in [-0.05, 0) is 62.0 Å². The van der Waals surface area contributed by atoms with Crippen LogP contribution in [0.25, 0.3) is 10.2 Å². The highest BCUT2D eigenvalue weighted by Crippen LogP contribution is 2.28. The van der Waals surface area contributed by atoms with Gasteiger partial charge in [-0.1, -0.05) is 35.9 Å². The van der Waals surface area contributed by atoms with Gasteiger partial charge in [-0.2, -0.15) is 0 Å². The molecule has 2 N–H and O–H groups in total. The molecule has 3 rings (SSSR count). The van der Waals surface area contributed by atoms with Gasteiger partial charge in [-0.25, -0.2) is 4.98 Å². The normalized spacial score (nSPS) is 11.8. The predicted octanol–water partition coefficient (Wildman–Crippen LogP) is 5.25. The average molecular weight is 420 g/mol. The molecule has 0 aliphatic carbocycles. The van der Waals surface area contributed by atoms with Gasteiger partial charge in [-0.15, -0.1) is 0 Å². The minimum atomic E-state index is -0.314. The summed E-state index contributed by atoms with van der Waals surface area (Å²) >= 11 is 12.6. The van der Waals surface area contributed by atoms with Crippen LogP contribution in [0.2, 0.25) is 5.02 Å². The Morgan fingerprint density at radius 3 is 2.93 bits per heavy atom. The Morgan fingerprint density at radius 2 is 2.15 bits per heavy atom. The highest BCUT2D eigenvalue weighted by molar-refractivity contribution is 7.80. The number of fused-ring (bicyclic) bond motifs is 1. The first kappa shape index (κ1) is 19.5. The second-order valence-corrected chi connectivity index (χ2v) is 7.78. The van der Waals surface area contributed by atoms with E-state index in [0.29, 0.717) is 21.5 Å². The number of aromatic nitrogens is 1. The fraction of sp³-hybridized carbons (Fsp3) is 0.211. The minimum Gasteiger partial charge on any atom is -0.491 e. The molecular formula is C19H18ClN3O2S2. The van der Waals surface area contributed by atoms with E-state index in [9.17, 15) is 4.79 Å². The number of thiazole rings is 1. The van der Waals surface area contributed by atoms with Gasteiger partial charge in [0.15, 0.2) is 10.2 Å². The van der Waals surface area contributed by atoms with Gasteiger partial charge in [0.2, 0.25) is 0 Å². The number of nitrogens with zero attached hydrogens (tertiary/aromatic N) is 1. The molecule has 1 atom stereocenters. The van der Waals surface area contributed by atoms with Gasteiger partial charge in [0, 0.05) is 10.6 Å². The maximum Gasteiger partial charge on any atom is 0.257 e. The smallest absolute Gasteiger partial charge is 0.257 e. The van der Waals surface area contributed by atoms with Crippen LogP contribution in [0.15, 0.2) is 42.5 Å². The summed E-state index contributed by atoms with van der Waals surface area (Å²) in [6.45, 7) is 4.03. The van der Waals surface area contributed by atoms with Gasteiger partial charge < -0.3 is 10.1 Å². The molecule has 0 bridgehead atoms. The van der Waals surface area contributed by atoms with E-state index in [1.807, 2.05) is 32.0 Å². The van der Waals surface area contributed by atoms with Crippen LogP contribution in [0.1, 0.15) is 30.6 Å². The summed E-state index contributed by atoms with van der Waals surface area (Å²) < 4.78 is 6.69. The maximum atomic E-state index is 12.4. The number of halogens is 1.